The minimum Gasteiger partial charge on any atom is -0.496 e. The van der Waals surface area contributed by atoms with E-state index >= 15 is 0 Å². The van der Waals surface area contributed by atoms with Crippen LogP contribution in [0.4, 0.5) is 0 Å². The van der Waals surface area contributed by atoms with Gasteiger partial charge in [0.05, 0.1) is 12.1 Å². The molecule has 144 valence electrons. The Hall–Kier alpha value is -2.98. The third-order valence-electron chi connectivity index (χ3n) is 4.36. The Morgan fingerprint density at radius 3 is 2.39 bits per heavy atom. The molecule has 3 aromatic rings. The van der Waals surface area contributed by atoms with Gasteiger partial charge in [-0.1, -0.05) is 54.1 Å². The summed E-state index contributed by atoms with van der Waals surface area (Å²) in [6.45, 7) is 0.785. The van der Waals surface area contributed by atoms with Crippen LogP contribution in [-0.4, -0.2) is 25.0 Å². The summed E-state index contributed by atoms with van der Waals surface area (Å²) in [5.41, 5.74) is 2.44. The van der Waals surface area contributed by atoms with Gasteiger partial charge >= 0.3 is 0 Å². The maximum absolute atomic E-state index is 12.9. The van der Waals surface area contributed by atoms with Crippen LogP contribution in [0.2, 0.25) is 5.02 Å². The number of ether oxygens (including phenoxy) is 2. The van der Waals surface area contributed by atoms with E-state index in [-0.39, 0.29) is 12.5 Å². The molecule has 0 saturated carbocycles. The van der Waals surface area contributed by atoms with Crippen molar-refractivity contribution in [2.45, 2.75) is 13.2 Å². The van der Waals surface area contributed by atoms with E-state index in [0.717, 1.165) is 11.1 Å². The SMILES string of the molecule is COc1ccc(C(=O)N(C)Cc2ccccc2)cc1COc1ccccc1Cl. The quantitative estimate of drug-likeness (QED) is 0.552. The van der Waals surface area contributed by atoms with Crippen LogP contribution in [-0.2, 0) is 13.2 Å². The predicted octanol–water partition coefficient (Wildman–Crippen LogP) is 5.20. The summed E-state index contributed by atoms with van der Waals surface area (Å²) in [4.78, 5) is 14.5. The van der Waals surface area contributed by atoms with Crippen molar-refractivity contribution >= 4 is 17.5 Å². The summed E-state index contributed by atoms with van der Waals surface area (Å²) in [5, 5.41) is 0.538. The van der Waals surface area contributed by atoms with Crippen LogP contribution in [0.15, 0.2) is 72.8 Å². The number of amides is 1. The molecular weight excluding hydrogens is 374 g/mol. The fourth-order valence-electron chi connectivity index (χ4n) is 2.89. The van der Waals surface area contributed by atoms with Crippen LogP contribution < -0.4 is 9.47 Å². The highest BCUT2D eigenvalue weighted by Crippen LogP contribution is 2.27. The molecule has 0 aromatic heterocycles. The molecule has 3 aromatic carbocycles. The Morgan fingerprint density at radius 1 is 0.964 bits per heavy atom. The summed E-state index contributed by atoms with van der Waals surface area (Å²) in [6, 6.07) is 22.5. The van der Waals surface area contributed by atoms with Gasteiger partial charge in [-0.25, -0.2) is 0 Å². The second kappa shape index (κ2) is 9.29. The molecule has 0 fully saturated rings. The number of hydrogen-bond acceptors (Lipinski definition) is 3. The first-order chi connectivity index (χ1) is 13.6. The Bertz CT molecular complexity index is 944. The molecule has 0 atom stereocenters. The minimum absolute atomic E-state index is 0.0644. The van der Waals surface area contributed by atoms with Gasteiger partial charge in [0.2, 0.25) is 0 Å². The topological polar surface area (TPSA) is 38.8 Å². The first-order valence-electron chi connectivity index (χ1n) is 8.92. The van der Waals surface area contributed by atoms with Gasteiger partial charge in [-0.3, -0.25) is 4.79 Å². The lowest BCUT2D eigenvalue weighted by atomic mass is 10.1. The number of methoxy groups -OCH3 is 1. The van der Waals surface area contributed by atoms with Crippen LogP contribution in [0.5, 0.6) is 11.5 Å². The smallest absolute Gasteiger partial charge is 0.253 e. The van der Waals surface area contributed by atoms with Crippen LogP contribution in [0.1, 0.15) is 21.5 Å². The van der Waals surface area contributed by atoms with Crippen LogP contribution in [0.3, 0.4) is 0 Å². The van der Waals surface area contributed by atoms with E-state index in [0.29, 0.717) is 28.6 Å². The molecule has 0 radical (unpaired) electrons. The molecule has 0 heterocycles. The highest BCUT2D eigenvalue weighted by atomic mass is 35.5. The average Bonchev–Trinajstić information content (AvgIpc) is 2.73. The van der Waals surface area contributed by atoms with Crippen molar-refractivity contribution in [1.82, 2.24) is 4.90 Å². The Morgan fingerprint density at radius 2 is 1.68 bits per heavy atom. The molecule has 0 saturated heterocycles. The standard InChI is InChI=1S/C23H22ClNO3/c1-25(15-17-8-4-3-5-9-17)23(26)18-12-13-21(27-2)19(14-18)16-28-22-11-7-6-10-20(22)24/h3-14H,15-16H2,1-2H3. The number of rotatable bonds is 7. The summed E-state index contributed by atoms with van der Waals surface area (Å²) in [6.07, 6.45) is 0. The van der Waals surface area contributed by atoms with Crippen molar-refractivity contribution in [2.75, 3.05) is 14.2 Å². The molecule has 4 nitrogen and oxygen atoms in total. The zero-order valence-corrected chi connectivity index (χ0v) is 16.6. The zero-order chi connectivity index (χ0) is 19.9. The molecule has 3 rings (SSSR count). The minimum atomic E-state index is -0.0644. The first-order valence-corrected chi connectivity index (χ1v) is 9.30. The van der Waals surface area contributed by atoms with Crippen LogP contribution in [0, 0.1) is 0 Å². The fourth-order valence-corrected chi connectivity index (χ4v) is 3.08. The summed E-state index contributed by atoms with van der Waals surface area (Å²) in [7, 11) is 3.39. The van der Waals surface area contributed by atoms with Gasteiger partial charge in [-0.2, -0.15) is 0 Å². The lowest BCUT2D eigenvalue weighted by Gasteiger charge is -2.19. The van der Waals surface area contributed by atoms with Crippen molar-refractivity contribution in [3.05, 3.63) is 94.5 Å². The van der Waals surface area contributed by atoms with Crippen molar-refractivity contribution in [1.29, 1.82) is 0 Å². The maximum Gasteiger partial charge on any atom is 0.253 e. The van der Waals surface area contributed by atoms with Crippen molar-refractivity contribution in [2.24, 2.45) is 0 Å². The molecule has 5 heteroatoms. The molecular formula is C23H22ClNO3. The van der Waals surface area contributed by atoms with E-state index in [1.807, 2.05) is 42.5 Å². The van der Waals surface area contributed by atoms with Gasteiger partial charge in [0.25, 0.3) is 5.91 Å². The highest BCUT2D eigenvalue weighted by Gasteiger charge is 2.15. The average molecular weight is 396 g/mol. The highest BCUT2D eigenvalue weighted by molar-refractivity contribution is 6.32. The van der Waals surface area contributed by atoms with Gasteiger partial charge in [0.1, 0.15) is 18.1 Å². The number of hydrogen-bond donors (Lipinski definition) is 0. The van der Waals surface area contributed by atoms with E-state index in [2.05, 4.69) is 0 Å². The number of halogens is 1. The van der Waals surface area contributed by atoms with Gasteiger partial charge in [0, 0.05) is 24.7 Å². The van der Waals surface area contributed by atoms with Crippen molar-refractivity contribution < 1.29 is 14.3 Å². The predicted molar refractivity (Wildman–Crippen MR) is 111 cm³/mol. The summed E-state index contributed by atoms with van der Waals surface area (Å²) >= 11 is 6.15. The summed E-state index contributed by atoms with van der Waals surface area (Å²) in [5.74, 6) is 1.18. The molecule has 1 amide bonds. The van der Waals surface area contributed by atoms with E-state index in [4.69, 9.17) is 21.1 Å². The van der Waals surface area contributed by atoms with E-state index in [1.165, 1.54) is 0 Å². The number of benzene rings is 3. The monoisotopic (exact) mass is 395 g/mol. The molecule has 0 aliphatic rings. The molecule has 0 aliphatic carbocycles. The second-order valence-electron chi connectivity index (χ2n) is 6.39. The lowest BCUT2D eigenvalue weighted by molar-refractivity contribution is 0.0785. The summed E-state index contributed by atoms with van der Waals surface area (Å²) < 4.78 is 11.2. The van der Waals surface area contributed by atoms with E-state index in [1.54, 1.807) is 49.4 Å². The van der Waals surface area contributed by atoms with E-state index in [9.17, 15) is 4.79 Å². The molecule has 0 bridgehead atoms. The number of carbonyl (C=O) groups excluding carboxylic acids is 1. The van der Waals surface area contributed by atoms with E-state index < -0.39 is 0 Å². The van der Waals surface area contributed by atoms with Crippen molar-refractivity contribution in [3.8, 4) is 11.5 Å². The molecule has 0 aliphatic heterocycles. The Balaban J connectivity index is 1.76. The van der Waals surface area contributed by atoms with Gasteiger partial charge < -0.3 is 14.4 Å². The van der Waals surface area contributed by atoms with Gasteiger partial charge in [-0.15, -0.1) is 0 Å². The van der Waals surface area contributed by atoms with Gasteiger partial charge in [-0.05, 0) is 35.9 Å². The fraction of sp³-hybridized carbons (Fsp3) is 0.174. The third-order valence-corrected chi connectivity index (χ3v) is 4.67. The van der Waals surface area contributed by atoms with Gasteiger partial charge in [0.15, 0.2) is 0 Å². The van der Waals surface area contributed by atoms with Crippen LogP contribution >= 0.6 is 11.6 Å². The number of para-hydroxylation sites is 1. The third kappa shape index (κ3) is 4.84. The maximum atomic E-state index is 12.9. The second-order valence-corrected chi connectivity index (χ2v) is 6.80. The molecule has 0 N–H and O–H groups in total. The molecule has 28 heavy (non-hydrogen) atoms. The molecule has 0 unspecified atom stereocenters. The Kier molecular flexibility index (Phi) is 6.56. The normalized spacial score (nSPS) is 10.4. The Labute approximate surface area is 170 Å². The largest absolute Gasteiger partial charge is 0.496 e. The van der Waals surface area contributed by atoms with Crippen molar-refractivity contribution in [3.63, 3.8) is 0 Å². The molecule has 0 spiro atoms. The lowest BCUT2D eigenvalue weighted by Crippen LogP contribution is -2.26. The van der Waals surface area contributed by atoms with Crippen LogP contribution in [0.25, 0.3) is 0 Å². The zero-order valence-electron chi connectivity index (χ0n) is 15.9. The first kappa shape index (κ1) is 19.8. The number of nitrogens with zero attached hydrogens (tertiary/aromatic N) is 1. The number of carbonyl (C=O) groups is 1.